The standard InChI is InChI=1S/C5H13FO2Si/c1-4-7-9(3,6)8-5-2/h4-5H2,1-3H3. The molecule has 0 fully saturated rings. The second-order valence-electron chi connectivity index (χ2n) is 1.70. The van der Waals surface area contributed by atoms with Crippen LogP contribution in [0.1, 0.15) is 13.8 Å². The molecule has 0 saturated heterocycles. The Morgan fingerprint density at radius 2 is 1.56 bits per heavy atom. The van der Waals surface area contributed by atoms with Crippen molar-refractivity contribution >= 4 is 8.89 Å². The van der Waals surface area contributed by atoms with Crippen molar-refractivity contribution in [3.05, 3.63) is 0 Å². The van der Waals surface area contributed by atoms with E-state index in [1.807, 2.05) is 0 Å². The van der Waals surface area contributed by atoms with Crippen molar-refractivity contribution in [3.63, 3.8) is 0 Å². The van der Waals surface area contributed by atoms with Crippen LogP contribution < -0.4 is 0 Å². The summed E-state index contributed by atoms with van der Waals surface area (Å²) < 4.78 is 22.2. The molecule has 56 valence electrons. The summed E-state index contributed by atoms with van der Waals surface area (Å²) in [6, 6.07) is 0. The average molecular weight is 152 g/mol. The first-order valence-corrected chi connectivity index (χ1v) is 5.28. The summed E-state index contributed by atoms with van der Waals surface area (Å²) in [5, 5.41) is 0. The number of rotatable bonds is 4. The summed E-state index contributed by atoms with van der Waals surface area (Å²) in [6.45, 7) is 5.67. The summed E-state index contributed by atoms with van der Waals surface area (Å²) in [4.78, 5) is 0. The molecule has 0 radical (unpaired) electrons. The van der Waals surface area contributed by atoms with Gasteiger partial charge in [-0.15, -0.1) is 0 Å². The van der Waals surface area contributed by atoms with Gasteiger partial charge in [-0.1, -0.05) is 0 Å². The molecular weight excluding hydrogens is 139 g/mol. The summed E-state index contributed by atoms with van der Waals surface area (Å²) in [7, 11) is -3.20. The molecule has 0 aromatic heterocycles. The Hall–Kier alpha value is 0.0669. The molecule has 0 aromatic carbocycles. The van der Waals surface area contributed by atoms with Gasteiger partial charge in [0.1, 0.15) is 0 Å². The van der Waals surface area contributed by atoms with Gasteiger partial charge in [0.15, 0.2) is 0 Å². The minimum atomic E-state index is -3.20. The number of hydrogen-bond acceptors (Lipinski definition) is 2. The van der Waals surface area contributed by atoms with E-state index in [0.717, 1.165) is 0 Å². The highest BCUT2D eigenvalue weighted by Crippen LogP contribution is 2.06. The molecule has 0 aliphatic heterocycles. The zero-order valence-electron chi connectivity index (χ0n) is 6.11. The molecule has 2 nitrogen and oxygen atoms in total. The van der Waals surface area contributed by atoms with E-state index in [1.165, 1.54) is 6.55 Å². The molecule has 0 aliphatic rings. The van der Waals surface area contributed by atoms with Crippen LogP contribution in [0.15, 0.2) is 0 Å². The topological polar surface area (TPSA) is 18.5 Å². The highest BCUT2D eigenvalue weighted by Gasteiger charge is 2.31. The molecule has 0 N–H and O–H groups in total. The SMILES string of the molecule is CCO[Si](C)(F)OCC. The first-order chi connectivity index (χ1) is 4.12. The highest BCUT2D eigenvalue weighted by molar-refractivity contribution is 6.58. The maximum atomic E-state index is 12.8. The van der Waals surface area contributed by atoms with E-state index in [0.29, 0.717) is 13.2 Å². The third kappa shape index (κ3) is 4.56. The third-order valence-electron chi connectivity index (χ3n) is 0.804. The van der Waals surface area contributed by atoms with Crippen LogP contribution in [0.25, 0.3) is 0 Å². The minimum absolute atomic E-state index is 0.388. The Kier molecular flexibility index (Phi) is 4.00. The molecule has 0 unspecified atom stereocenters. The van der Waals surface area contributed by atoms with E-state index in [4.69, 9.17) is 8.85 Å². The lowest BCUT2D eigenvalue weighted by molar-refractivity contribution is 0.149. The van der Waals surface area contributed by atoms with Gasteiger partial charge in [-0.25, -0.2) is 4.11 Å². The minimum Gasteiger partial charge on any atom is -0.371 e. The second-order valence-corrected chi connectivity index (χ2v) is 3.95. The normalized spacial score (nSPS) is 12.0. The summed E-state index contributed by atoms with van der Waals surface area (Å²) >= 11 is 0. The number of hydrogen-bond donors (Lipinski definition) is 0. The van der Waals surface area contributed by atoms with Crippen molar-refractivity contribution in [2.75, 3.05) is 13.2 Å². The lowest BCUT2D eigenvalue weighted by Gasteiger charge is -2.14. The van der Waals surface area contributed by atoms with Gasteiger partial charge < -0.3 is 8.85 Å². The molecule has 0 amide bonds. The van der Waals surface area contributed by atoms with Gasteiger partial charge in [0.05, 0.1) is 0 Å². The van der Waals surface area contributed by atoms with Gasteiger partial charge in [-0.2, -0.15) is 0 Å². The van der Waals surface area contributed by atoms with Crippen molar-refractivity contribution < 1.29 is 13.0 Å². The molecule has 0 atom stereocenters. The molecule has 0 saturated carbocycles. The van der Waals surface area contributed by atoms with Gasteiger partial charge in [-0.3, -0.25) is 0 Å². The maximum Gasteiger partial charge on any atom is 0.536 e. The Balaban J connectivity index is 3.43. The van der Waals surface area contributed by atoms with Crippen LogP contribution in [0.3, 0.4) is 0 Å². The van der Waals surface area contributed by atoms with Crippen LogP contribution in [-0.2, 0) is 8.85 Å². The van der Waals surface area contributed by atoms with Crippen molar-refractivity contribution in [1.29, 1.82) is 0 Å². The van der Waals surface area contributed by atoms with Gasteiger partial charge >= 0.3 is 8.89 Å². The van der Waals surface area contributed by atoms with Crippen LogP contribution >= 0.6 is 0 Å². The van der Waals surface area contributed by atoms with E-state index >= 15 is 0 Å². The summed E-state index contributed by atoms with van der Waals surface area (Å²) in [5.74, 6) is 0. The maximum absolute atomic E-state index is 12.8. The first-order valence-electron chi connectivity index (χ1n) is 3.09. The fourth-order valence-corrected chi connectivity index (χ4v) is 1.67. The van der Waals surface area contributed by atoms with Crippen molar-refractivity contribution in [2.45, 2.75) is 20.4 Å². The lowest BCUT2D eigenvalue weighted by atomic mass is 10.9. The molecule has 0 rings (SSSR count). The van der Waals surface area contributed by atoms with Crippen LogP contribution in [-0.4, -0.2) is 22.1 Å². The van der Waals surface area contributed by atoms with E-state index < -0.39 is 8.89 Å². The molecule has 4 heteroatoms. The first kappa shape index (κ1) is 9.07. The van der Waals surface area contributed by atoms with Crippen LogP contribution in [0.4, 0.5) is 4.11 Å². The molecule has 0 aromatic rings. The summed E-state index contributed by atoms with van der Waals surface area (Å²) in [6.07, 6.45) is 0. The Morgan fingerprint density at radius 1 is 1.22 bits per heavy atom. The largest absolute Gasteiger partial charge is 0.536 e. The molecule has 0 bridgehead atoms. The smallest absolute Gasteiger partial charge is 0.371 e. The molecule has 0 heterocycles. The fourth-order valence-electron chi connectivity index (χ4n) is 0.557. The average Bonchev–Trinajstić information content (AvgIpc) is 1.64. The Bertz CT molecular complexity index is 69.4. The zero-order chi connectivity index (χ0) is 7.33. The van der Waals surface area contributed by atoms with Crippen molar-refractivity contribution in [1.82, 2.24) is 0 Å². The second kappa shape index (κ2) is 3.98. The quantitative estimate of drug-likeness (QED) is 0.450. The van der Waals surface area contributed by atoms with E-state index in [2.05, 4.69) is 0 Å². The predicted molar refractivity (Wildman–Crippen MR) is 36.0 cm³/mol. The van der Waals surface area contributed by atoms with Crippen LogP contribution in [0.2, 0.25) is 6.55 Å². The zero-order valence-corrected chi connectivity index (χ0v) is 7.11. The van der Waals surface area contributed by atoms with Crippen LogP contribution in [0.5, 0.6) is 0 Å². The lowest BCUT2D eigenvalue weighted by Crippen LogP contribution is -2.33. The number of halogens is 1. The Labute approximate surface area is 56.4 Å². The molecular formula is C5H13FO2Si. The van der Waals surface area contributed by atoms with E-state index in [-0.39, 0.29) is 0 Å². The van der Waals surface area contributed by atoms with Gasteiger partial charge in [0.2, 0.25) is 0 Å². The Morgan fingerprint density at radius 3 is 1.78 bits per heavy atom. The third-order valence-corrected chi connectivity index (χ3v) is 2.41. The van der Waals surface area contributed by atoms with Crippen LogP contribution in [0, 0.1) is 0 Å². The van der Waals surface area contributed by atoms with Crippen molar-refractivity contribution in [3.8, 4) is 0 Å². The highest BCUT2D eigenvalue weighted by atomic mass is 28.4. The van der Waals surface area contributed by atoms with E-state index in [9.17, 15) is 4.11 Å². The van der Waals surface area contributed by atoms with Crippen molar-refractivity contribution in [2.24, 2.45) is 0 Å². The molecule has 0 aliphatic carbocycles. The molecule has 0 spiro atoms. The monoisotopic (exact) mass is 152 g/mol. The predicted octanol–water partition coefficient (Wildman–Crippen LogP) is 1.60. The van der Waals surface area contributed by atoms with Gasteiger partial charge in [0, 0.05) is 19.8 Å². The van der Waals surface area contributed by atoms with E-state index in [1.54, 1.807) is 13.8 Å². The summed E-state index contributed by atoms with van der Waals surface area (Å²) in [5.41, 5.74) is 0. The fraction of sp³-hybridized carbons (Fsp3) is 1.00. The molecule has 9 heavy (non-hydrogen) atoms. The van der Waals surface area contributed by atoms with Gasteiger partial charge in [-0.05, 0) is 13.8 Å². The van der Waals surface area contributed by atoms with Gasteiger partial charge in [0.25, 0.3) is 0 Å².